The second-order valence-electron chi connectivity index (χ2n) is 4.11. The Balaban J connectivity index is 2.77. The van der Waals surface area contributed by atoms with Gasteiger partial charge in [-0.05, 0) is 24.6 Å². The molecule has 3 N–H and O–H groups in total. The quantitative estimate of drug-likeness (QED) is 0.731. The van der Waals surface area contributed by atoms with Gasteiger partial charge in [-0.2, -0.15) is 0 Å². The largest absolute Gasteiger partial charge is 0.478 e. The van der Waals surface area contributed by atoms with Crippen LogP contribution in [0.1, 0.15) is 30.1 Å². The minimum absolute atomic E-state index is 0.0340. The van der Waals surface area contributed by atoms with Crippen molar-refractivity contribution < 1.29 is 14.7 Å². The Morgan fingerprint density at radius 1 is 1.50 bits per heavy atom. The van der Waals surface area contributed by atoms with Gasteiger partial charge < -0.3 is 15.7 Å². The Morgan fingerprint density at radius 2 is 2.20 bits per heavy atom. The highest BCUT2D eigenvalue weighted by atomic mass is 35.5. The average Bonchev–Trinajstić information content (AvgIpc) is 2.40. The highest BCUT2D eigenvalue weighted by molar-refractivity contribution is 6.33. The maximum atomic E-state index is 11.8. The maximum Gasteiger partial charge on any atom is 0.335 e. The van der Waals surface area contributed by atoms with E-state index in [0.717, 1.165) is 6.42 Å². The molecule has 2 amide bonds. The van der Waals surface area contributed by atoms with Gasteiger partial charge in [0.25, 0.3) is 0 Å². The molecule has 0 saturated heterocycles. The fraction of sp³-hybridized carbons (Fsp3) is 0.286. The first kappa shape index (κ1) is 15.9. The number of carboxylic acid groups (broad SMARTS) is 1. The number of terminal acetylenes is 1. The van der Waals surface area contributed by atoms with Gasteiger partial charge in [-0.25, -0.2) is 9.59 Å². The molecule has 1 rings (SSSR count). The SMILES string of the molecule is C#CC(CCC)NC(=O)Nc1cc(C(=O)O)ccc1Cl. The summed E-state index contributed by atoms with van der Waals surface area (Å²) in [4.78, 5) is 22.6. The van der Waals surface area contributed by atoms with Crippen LogP contribution in [-0.4, -0.2) is 23.1 Å². The van der Waals surface area contributed by atoms with Gasteiger partial charge in [-0.3, -0.25) is 0 Å². The number of halogens is 1. The third kappa shape index (κ3) is 4.48. The number of aromatic carboxylic acids is 1. The first-order chi connectivity index (χ1) is 9.47. The Kier molecular flexibility index (Phi) is 5.88. The minimum atomic E-state index is -1.10. The molecule has 1 unspecified atom stereocenters. The van der Waals surface area contributed by atoms with Crippen LogP contribution in [0.5, 0.6) is 0 Å². The summed E-state index contributed by atoms with van der Waals surface area (Å²) in [6.45, 7) is 1.96. The third-order valence-electron chi connectivity index (χ3n) is 2.55. The molecule has 0 saturated carbocycles. The Bertz CT molecular complexity index is 552. The van der Waals surface area contributed by atoms with Gasteiger partial charge in [0.2, 0.25) is 0 Å². The molecule has 106 valence electrons. The van der Waals surface area contributed by atoms with Gasteiger partial charge in [0, 0.05) is 0 Å². The number of amides is 2. The predicted octanol–water partition coefficient (Wildman–Crippen LogP) is 2.96. The van der Waals surface area contributed by atoms with E-state index in [1.165, 1.54) is 18.2 Å². The van der Waals surface area contributed by atoms with Gasteiger partial charge >= 0.3 is 12.0 Å². The van der Waals surface area contributed by atoms with Gasteiger partial charge in [0.05, 0.1) is 22.3 Å². The van der Waals surface area contributed by atoms with Crippen molar-refractivity contribution in [1.29, 1.82) is 0 Å². The Hall–Kier alpha value is -2.19. The third-order valence-corrected chi connectivity index (χ3v) is 2.87. The number of urea groups is 1. The molecule has 0 bridgehead atoms. The predicted molar refractivity (Wildman–Crippen MR) is 78.1 cm³/mol. The molecule has 0 radical (unpaired) electrons. The maximum absolute atomic E-state index is 11.8. The van der Waals surface area contributed by atoms with Gasteiger partial charge in [-0.1, -0.05) is 30.9 Å². The van der Waals surface area contributed by atoms with Gasteiger partial charge in [0.1, 0.15) is 0 Å². The number of carbonyl (C=O) groups is 2. The summed E-state index contributed by atoms with van der Waals surface area (Å²) in [5.74, 6) is 1.37. The number of nitrogens with one attached hydrogen (secondary N) is 2. The molecule has 1 aromatic carbocycles. The molecule has 0 aliphatic carbocycles. The van der Waals surface area contributed by atoms with Crippen LogP contribution in [0.2, 0.25) is 5.02 Å². The zero-order chi connectivity index (χ0) is 15.1. The second-order valence-corrected chi connectivity index (χ2v) is 4.51. The molecular formula is C14H15ClN2O3. The summed E-state index contributed by atoms with van der Waals surface area (Å²) in [5.41, 5.74) is 0.253. The van der Waals surface area contributed by atoms with Gasteiger partial charge in [0.15, 0.2) is 0 Å². The van der Waals surface area contributed by atoms with E-state index in [9.17, 15) is 9.59 Å². The lowest BCUT2D eigenvalue weighted by molar-refractivity contribution is 0.0697. The van der Waals surface area contributed by atoms with Crippen LogP contribution in [0.4, 0.5) is 10.5 Å². The molecule has 0 heterocycles. The van der Waals surface area contributed by atoms with E-state index in [2.05, 4.69) is 16.6 Å². The summed E-state index contributed by atoms with van der Waals surface area (Å²) in [7, 11) is 0. The van der Waals surface area contributed by atoms with E-state index in [1.54, 1.807) is 0 Å². The van der Waals surface area contributed by atoms with Crippen molar-refractivity contribution in [3.8, 4) is 12.3 Å². The van der Waals surface area contributed by atoms with E-state index in [4.69, 9.17) is 23.1 Å². The van der Waals surface area contributed by atoms with E-state index in [-0.39, 0.29) is 22.3 Å². The Morgan fingerprint density at radius 3 is 2.75 bits per heavy atom. The van der Waals surface area contributed by atoms with Crippen LogP contribution < -0.4 is 10.6 Å². The average molecular weight is 295 g/mol. The highest BCUT2D eigenvalue weighted by Gasteiger charge is 2.12. The summed E-state index contributed by atoms with van der Waals surface area (Å²) in [6.07, 6.45) is 6.80. The molecular weight excluding hydrogens is 280 g/mol. The fourth-order valence-corrected chi connectivity index (χ4v) is 1.72. The molecule has 0 spiro atoms. The number of hydrogen-bond donors (Lipinski definition) is 3. The molecule has 1 atom stereocenters. The van der Waals surface area contributed by atoms with E-state index < -0.39 is 12.0 Å². The lowest BCUT2D eigenvalue weighted by Gasteiger charge is -2.14. The summed E-state index contributed by atoms with van der Waals surface area (Å²) >= 11 is 5.90. The molecule has 0 aromatic heterocycles. The first-order valence-corrected chi connectivity index (χ1v) is 6.42. The van der Waals surface area contributed by atoms with Crippen molar-refractivity contribution in [1.82, 2.24) is 5.32 Å². The molecule has 5 nitrogen and oxygen atoms in total. The van der Waals surface area contributed by atoms with Crippen LogP contribution in [0, 0.1) is 12.3 Å². The van der Waals surface area contributed by atoms with Crippen molar-refractivity contribution in [2.45, 2.75) is 25.8 Å². The van der Waals surface area contributed by atoms with Crippen LogP contribution >= 0.6 is 11.6 Å². The topological polar surface area (TPSA) is 78.4 Å². The molecule has 0 aliphatic rings. The number of rotatable bonds is 5. The minimum Gasteiger partial charge on any atom is -0.478 e. The van der Waals surface area contributed by atoms with Crippen molar-refractivity contribution in [3.63, 3.8) is 0 Å². The van der Waals surface area contributed by atoms with E-state index in [0.29, 0.717) is 6.42 Å². The molecule has 20 heavy (non-hydrogen) atoms. The molecule has 0 fully saturated rings. The van der Waals surface area contributed by atoms with Crippen molar-refractivity contribution in [3.05, 3.63) is 28.8 Å². The molecule has 1 aromatic rings. The summed E-state index contributed by atoms with van der Waals surface area (Å²) < 4.78 is 0. The fourth-order valence-electron chi connectivity index (χ4n) is 1.56. The van der Waals surface area contributed by atoms with E-state index in [1.807, 2.05) is 6.92 Å². The number of carbonyl (C=O) groups excluding carboxylic acids is 1. The van der Waals surface area contributed by atoms with Crippen LogP contribution in [0.3, 0.4) is 0 Å². The summed E-state index contributed by atoms with van der Waals surface area (Å²) in [6, 6.07) is 3.15. The number of anilines is 1. The normalized spacial score (nSPS) is 11.2. The zero-order valence-electron chi connectivity index (χ0n) is 10.9. The Labute approximate surface area is 122 Å². The monoisotopic (exact) mass is 294 g/mol. The van der Waals surface area contributed by atoms with Crippen LogP contribution in [0.25, 0.3) is 0 Å². The lowest BCUT2D eigenvalue weighted by Crippen LogP contribution is -2.37. The number of benzene rings is 1. The van der Waals surface area contributed by atoms with Crippen molar-refractivity contribution in [2.24, 2.45) is 0 Å². The molecule has 6 heteroatoms. The zero-order valence-corrected chi connectivity index (χ0v) is 11.7. The summed E-state index contributed by atoms with van der Waals surface area (Å²) in [5, 5.41) is 14.2. The smallest absolute Gasteiger partial charge is 0.335 e. The van der Waals surface area contributed by atoms with E-state index >= 15 is 0 Å². The highest BCUT2D eigenvalue weighted by Crippen LogP contribution is 2.23. The lowest BCUT2D eigenvalue weighted by atomic mass is 10.2. The first-order valence-electron chi connectivity index (χ1n) is 6.04. The van der Waals surface area contributed by atoms with Crippen molar-refractivity contribution >= 4 is 29.3 Å². The van der Waals surface area contributed by atoms with Crippen LogP contribution in [0.15, 0.2) is 18.2 Å². The van der Waals surface area contributed by atoms with Crippen LogP contribution in [-0.2, 0) is 0 Å². The second kappa shape index (κ2) is 7.41. The molecule has 0 aliphatic heterocycles. The number of hydrogen-bond acceptors (Lipinski definition) is 2. The standard InChI is InChI=1S/C14H15ClN2O3/c1-3-5-10(4-2)16-14(20)17-12-8-9(13(18)19)6-7-11(12)15/h2,6-8,10H,3,5H2,1H3,(H,18,19)(H2,16,17,20). The van der Waals surface area contributed by atoms with Gasteiger partial charge in [-0.15, -0.1) is 6.42 Å². The van der Waals surface area contributed by atoms with Crippen molar-refractivity contribution in [2.75, 3.05) is 5.32 Å². The number of carboxylic acids is 1.